The summed E-state index contributed by atoms with van der Waals surface area (Å²) in [6, 6.07) is 6.55. The number of ether oxygens (including phenoxy) is 1. The normalized spacial score (nSPS) is 35.1. The molecule has 1 aromatic rings. The predicted molar refractivity (Wildman–Crippen MR) is 51.6 cm³/mol. The van der Waals surface area contributed by atoms with Crippen molar-refractivity contribution in [2.75, 3.05) is 0 Å². The Balaban J connectivity index is 2.30. The molecule has 1 heteroatoms. The molecule has 1 saturated heterocycles. The van der Waals surface area contributed by atoms with Crippen LogP contribution in [0.25, 0.3) is 0 Å². The van der Waals surface area contributed by atoms with Gasteiger partial charge in [-0.25, -0.2) is 0 Å². The maximum Gasteiger partial charge on any atom is 0.0918 e. The van der Waals surface area contributed by atoms with Crippen LogP contribution in [-0.4, -0.2) is 0 Å². The molecule has 2 heterocycles. The number of rotatable bonds is 0. The number of hydrogen-bond donors (Lipinski definition) is 0. The minimum atomic E-state index is 0.0331. The molecule has 1 fully saturated rings. The lowest BCUT2D eigenvalue weighted by molar-refractivity contribution is -0.00726. The lowest BCUT2D eigenvalue weighted by atomic mass is 9.81. The van der Waals surface area contributed by atoms with Gasteiger partial charge in [0.05, 0.1) is 11.7 Å². The van der Waals surface area contributed by atoms with Crippen LogP contribution in [0.4, 0.5) is 0 Å². The zero-order chi connectivity index (χ0) is 9.05. The van der Waals surface area contributed by atoms with Gasteiger partial charge in [-0.15, -0.1) is 0 Å². The summed E-state index contributed by atoms with van der Waals surface area (Å²) in [5.41, 5.74) is 4.33. The highest BCUT2D eigenvalue weighted by Gasteiger charge is 2.47. The first kappa shape index (κ1) is 7.57. The van der Waals surface area contributed by atoms with E-state index in [0.717, 1.165) is 0 Å². The molecule has 1 aromatic carbocycles. The molecular formula is C12H14O. The first-order valence-corrected chi connectivity index (χ1v) is 4.98. The van der Waals surface area contributed by atoms with E-state index in [-0.39, 0.29) is 5.60 Å². The van der Waals surface area contributed by atoms with Gasteiger partial charge in [-0.1, -0.05) is 18.2 Å². The fraction of sp³-hybridized carbons (Fsp3) is 0.500. The fourth-order valence-electron chi connectivity index (χ4n) is 2.92. The van der Waals surface area contributed by atoms with Gasteiger partial charge >= 0.3 is 0 Å². The summed E-state index contributed by atoms with van der Waals surface area (Å²) in [5.74, 6) is 0. The van der Waals surface area contributed by atoms with Crippen molar-refractivity contribution in [3.63, 3.8) is 0 Å². The second-order valence-corrected chi connectivity index (χ2v) is 4.42. The maximum atomic E-state index is 6.01. The van der Waals surface area contributed by atoms with Crippen LogP contribution < -0.4 is 0 Å². The van der Waals surface area contributed by atoms with E-state index >= 15 is 0 Å². The van der Waals surface area contributed by atoms with E-state index < -0.39 is 0 Å². The molecule has 0 N–H and O–H groups in total. The third kappa shape index (κ3) is 0.806. The van der Waals surface area contributed by atoms with Crippen LogP contribution in [0.5, 0.6) is 0 Å². The molecule has 1 nitrogen and oxygen atoms in total. The van der Waals surface area contributed by atoms with Gasteiger partial charge in [0.1, 0.15) is 0 Å². The van der Waals surface area contributed by atoms with Crippen molar-refractivity contribution in [2.24, 2.45) is 0 Å². The van der Waals surface area contributed by atoms with E-state index in [9.17, 15) is 0 Å². The zero-order valence-corrected chi connectivity index (χ0v) is 8.13. The Morgan fingerprint density at radius 2 is 2.31 bits per heavy atom. The second-order valence-electron chi connectivity index (χ2n) is 4.42. The monoisotopic (exact) mass is 174 g/mol. The SMILES string of the molecule is Cc1cccc2c1[C@@]1(C)CC[C@H]2O1. The van der Waals surface area contributed by atoms with E-state index in [2.05, 4.69) is 32.0 Å². The third-order valence-corrected chi connectivity index (χ3v) is 3.47. The first-order valence-electron chi connectivity index (χ1n) is 4.98. The van der Waals surface area contributed by atoms with E-state index in [1.54, 1.807) is 0 Å². The number of fused-ring (bicyclic) bond motifs is 5. The smallest absolute Gasteiger partial charge is 0.0918 e. The molecule has 0 aromatic heterocycles. The van der Waals surface area contributed by atoms with Crippen LogP contribution >= 0.6 is 0 Å². The van der Waals surface area contributed by atoms with Crippen molar-refractivity contribution in [3.05, 3.63) is 34.9 Å². The quantitative estimate of drug-likeness (QED) is 0.587. The van der Waals surface area contributed by atoms with Crippen LogP contribution in [0.15, 0.2) is 18.2 Å². The van der Waals surface area contributed by atoms with Gasteiger partial charge in [0, 0.05) is 0 Å². The average Bonchev–Trinajstić information content (AvgIpc) is 2.59. The molecule has 0 aliphatic carbocycles. The Bertz CT molecular complexity index is 369. The van der Waals surface area contributed by atoms with Crippen molar-refractivity contribution in [3.8, 4) is 0 Å². The predicted octanol–water partition coefficient (Wildman–Crippen LogP) is 3.08. The van der Waals surface area contributed by atoms with Gasteiger partial charge in [-0.2, -0.15) is 0 Å². The molecule has 0 radical (unpaired) electrons. The van der Waals surface area contributed by atoms with E-state index in [1.165, 1.54) is 29.5 Å². The van der Waals surface area contributed by atoms with Crippen molar-refractivity contribution in [2.45, 2.75) is 38.4 Å². The molecule has 0 amide bonds. The summed E-state index contributed by atoms with van der Waals surface area (Å²) < 4.78 is 6.01. The molecule has 13 heavy (non-hydrogen) atoms. The zero-order valence-electron chi connectivity index (χ0n) is 8.13. The molecule has 2 aliphatic heterocycles. The third-order valence-electron chi connectivity index (χ3n) is 3.47. The van der Waals surface area contributed by atoms with Crippen molar-refractivity contribution in [1.82, 2.24) is 0 Å². The average molecular weight is 174 g/mol. The highest BCUT2D eigenvalue weighted by Crippen LogP contribution is 2.55. The lowest BCUT2D eigenvalue weighted by Gasteiger charge is -2.23. The van der Waals surface area contributed by atoms with Crippen LogP contribution in [0.3, 0.4) is 0 Å². The Hall–Kier alpha value is -0.820. The number of aryl methyl sites for hydroxylation is 1. The minimum Gasteiger partial charge on any atom is -0.363 e. The van der Waals surface area contributed by atoms with Gasteiger partial charge in [0.15, 0.2) is 0 Å². The molecular weight excluding hydrogens is 160 g/mol. The molecule has 2 aliphatic rings. The van der Waals surface area contributed by atoms with Crippen molar-refractivity contribution >= 4 is 0 Å². The largest absolute Gasteiger partial charge is 0.363 e. The molecule has 2 bridgehead atoms. The Morgan fingerprint density at radius 1 is 1.46 bits per heavy atom. The van der Waals surface area contributed by atoms with Gasteiger partial charge in [0.25, 0.3) is 0 Å². The topological polar surface area (TPSA) is 9.23 Å². The van der Waals surface area contributed by atoms with E-state index in [4.69, 9.17) is 4.74 Å². The highest BCUT2D eigenvalue weighted by molar-refractivity contribution is 5.45. The molecule has 68 valence electrons. The summed E-state index contributed by atoms with van der Waals surface area (Å²) in [7, 11) is 0. The summed E-state index contributed by atoms with van der Waals surface area (Å²) in [6.07, 6.45) is 2.78. The van der Waals surface area contributed by atoms with Gasteiger partial charge in [0.2, 0.25) is 0 Å². The molecule has 0 unspecified atom stereocenters. The fourth-order valence-corrected chi connectivity index (χ4v) is 2.92. The summed E-state index contributed by atoms with van der Waals surface area (Å²) >= 11 is 0. The second kappa shape index (κ2) is 2.16. The van der Waals surface area contributed by atoms with Crippen LogP contribution in [0.1, 0.15) is 42.6 Å². The van der Waals surface area contributed by atoms with E-state index in [0.29, 0.717) is 6.10 Å². The van der Waals surface area contributed by atoms with Crippen molar-refractivity contribution in [1.29, 1.82) is 0 Å². The van der Waals surface area contributed by atoms with Gasteiger partial charge in [-0.3, -0.25) is 0 Å². The number of hydrogen-bond acceptors (Lipinski definition) is 1. The summed E-state index contributed by atoms with van der Waals surface area (Å²) in [6.45, 7) is 4.42. The van der Waals surface area contributed by atoms with Crippen LogP contribution in [0, 0.1) is 6.92 Å². The Kier molecular flexibility index (Phi) is 1.26. The van der Waals surface area contributed by atoms with Gasteiger partial charge in [-0.05, 0) is 43.4 Å². The van der Waals surface area contributed by atoms with Crippen LogP contribution in [0.2, 0.25) is 0 Å². The molecule has 0 saturated carbocycles. The van der Waals surface area contributed by atoms with Crippen LogP contribution in [-0.2, 0) is 10.3 Å². The standard InChI is InChI=1S/C12H14O/c1-8-4-3-5-9-10-6-7-12(2,13-10)11(8)9/h3-5,10H,6-7H2,1-2H3/t10-,12-/m1/s1. The number of benzene rings is 1. The van der Waals surface area contributed by atoms with E-state index in [1.807, 2.05) is 0 Å². The molecule has 2 atom stereocenters. The lowest BCUT2D eigenvalue weighted by Crippen LogP contribution is -2.18. The minimum absolute atomic E-state index is 0.0331. The first-order chi connectivity index (χ1) is 6.21. The Labute approximate surface area is 78.7 Å². The molecule has 3 rings (SSSR count). The maximum absolute atomic E-state index is 6.01. The molecule has 0 spiro atoms. The Morgan fingerprint density at radius 3 is 3.08 bits per heavy atom. The van der Waals surface area contributed by atoms with Gasteiger partial charge < -0.3 is 4.74 Å². The summed E-state index contributed by atoms with van der Waals surface area (Å²) in [4.78, 5) is 0. The summed E-state index contributed by atoms with van der Waals surface area (Å²) in [5, 5.41) is 0. The van der Waals surface area contributed by atoms with Crippen molar-refractivity contribution < 1.29 is 4.74 Å². The highest BCUT2D eigenvalue weighted by atomic mass is 16.5.